The second-order valence-corrected chi connectivity index (χ2v) is 8.32. The van der Waals surface area contributed by atoms with Gasteiger partial charge in [0.15, 0.2) is 4.80 Å². The highest BCUT2D eigenvalue weighted by Crippen LogP contribution is 2.22. The van der Waals surface area contributed by atoms with Crippen LogP contribution in [0.15, 0.2) is 77.8 Å². The molecule has 0 atom stereocenters. The molecule has 0 saturated carbocycles. The fraction of sp³-hybridized carbons (Fsp3) is 0.115. The fourth-order valence-corrected chi connectivity index (χ4v) is 4.50. The molecule has 4 rings (SSSR count). The number of hydrogen-bond acceptors (Lipinski definition) is 3. The molecular formula is C26H21N3O2S. The van der Waals surface area contributed by atoms with Crippen molar-refractivity contribution in [2.24, 2.45) is 4.99 Å². The summed E-state index contributed by atoms with van der Waals surface area (Å²) in [6.07, 6.45) is 6.35. The average molecular weight is 440 g/mol. The highest BCUT2D eigenvalue weighted by Gasteiger charge is 2.10. The molecule has 0 bridgehead atoms. The zero-order valence-electron chi connectivity index (χ0n) is 17.5. The van der Waals surface area contributed by atoms with Gasteiger partial charge in [0.1, 0.15) is 0 Å². The van der Waals surface area contributed by atoms with Gasteiger partial charge in [-0.2, -0.15) is 4.99 Å². The van der Waals surface area contributed by atoms with Gasteiger partial charge in [-0.05, 0) is 47.9 Å². The van der Waals surface area contributed by atoms with E-state index in [0.29, 0.717) is 22.6 Å². The second kappa shape index (κ2) is 9.46. The lowest BCUT2D eigenvalue weighted by Crippen LogP contribution is -2.16. The number of anilines is 1. The summed E-state index contributed by atoms with van der Waals surface area (Å²) >= 11 is 1.36. The highest BCUT2D eigenvalue weighted by molar-refractivity contribution is 7.16. The number of thiazole rings is 1. The molecule has 0 radical (unpaired) electrons. The van der Waals surface area contributed by atoms with Crippen LogP contribution in [0.1, 0.15) is 28.4 Å². The smallest absolute Gasteiger partial charge is 0.279 e. The third-order valence-corrected chi connectivity index (χ3v) is 5.94. The molecule has 2 amide bonds. The molecule has 1 heterocycles. The Morgan fingerprint density at radius 3 is 2.44 bits per heavy atom. The van der Waals surface area contributed by atoms with Crippen molar-refractivity contribution in [3.63, 3.8) is 0 Å². The van der Waals surface area contributed by atoms with E-state index in [-0.39, 0.29) is 11.8 Å². The molecule has 4 aromatic rings. The third-order valence-electron chi connectivity index (χ3n) is 4.90. The van der Waals surface area contributed by atoms with Gasteiger partial charge in [-0.1, -0.05) is 59.7 Å². The Labute approximate surface area is 190 Å². The number of aromatic nitrogens is 1. The lowest BCUT2D eigenvalue weighted by molar-refractivity contribution is -0.114. The monoisotopic (exact) mass is 439 g/mol. The van der Waals surface area contributed by atoms with Crippen LogP contribution in [0, 0.1) is 12.3 Å². The van der Waals surface area contributed by atoms with E-state index in [2.05, 4.69) is 28.4 Å². The molecule has 1 aromatic heterocycles. The van der Waals surface area contributed by atoms with Gasteiger partial charge >= 0.3 is 0 Å². The van der Waals surface area contributed by atoms with Gasteiger partial charge < -0.3 is 9.88 Å². The Morgan fingerprint density at radius 1 is 1.03 bits per heavy atom. The van der Waals surface area contributed by atoms with Crippen molar-refractivity contribution in [3.05, 3.63) is 94.3 Å². The van der Waals surface area contributed by atoms with Crippen LogP contribution in [0.4, 0.5) is 5.69 Å². The Morgan fingerprint density at radius 2 is 1.75 bits per heavy atom. The Balaban J connectivity index is 1.64. The van der Waals surface area contributed by atoms with Crippen LogP contribution in [-0.4, -0.2) is 16.4 Å². The molecule has 5 nitrogen and oxygen atoms in total. The number of amides is 2. The number of nitrogens with zero attached hydrogens (tertiary/aromatic N) is 2. The minimum atomic E-state index is -0.323. The first-order valence-electron chi connectivity index (χ1n) is 10.1. The Bertz CT molecular complexity index is 1390. The van der Waals surface area contributed by atoms with Crippen molar-refractivity contribution in [1.29, 1.82) is 0 Å². The summed E-state index contributed by atoms with van der Waals surface area (Å²) in [5.74, 6) is 2.15. The quantitative estimate of drug-likeness (QED) is 0.461. The maximum absolute atomic E-state index is 12.8. The number of rotatable bonds is 5. The third kappa shape index (κ3) is 4.85. The largest absolute Gasteiger partial charge is 0.326 e. The summed E-state index contributed by atoms with van der Waals surface area (Å²) in [6, 6.07) is 23.2. The van der Waals surface area contributed by atoms with E-state index < -0.39 is 0 Å². The van der Waals surface area contributed by atoms with Gasteiger partial charge in [0, 0.05) is 18.2 Å². The van der Waals surface area contributed by atoms with E-state index in [4.69, 9.17) is 6.42 Å². The van der Waals surface area contributed by atoms with Crippen LogP contribution in [0.25, 0.3) is 10.2 Å². The lowest BCUT2D eigenvalue weighted by Gasteiger charge is -2.04. The van der Waals surface area contributed by atoms with Gasteiger partial charge in [-0.3, -0.25) is 9.59 Å². The van der Waals surface area contributed by atoms with Crippen molar-refractivity contribution in [1.82, 2.24) is 4.57 Å². The van der Waals surface area contributed by atoms with Crippen molar-refractivity contribution in [3.8, 4) is 12.3 Å². The fourth-order valence-electron chi connectivity index (χ4n) is 3.43. The van der Waals surface area contributed by atoms with E-state index in [1.165, 1.54) is 23.8 Å². The molecular weight excluding hydrogens is 418 g/mol. The summed E-state index contributed by atoms with van der Waals surface area (Å²) in [5.41, 5.74) is 4.42. The molecule has 0 aliphatic rings. The number of carbonyl (C=O) groups is 2. The maximum atomic E-state index is 12.8. The Kier molecular flexibility index (Phi) is 6.29. The maximum Gasteiger partial charge on any atom is 0.279 e. The standard InChI is InChI=1S/C26H21N3O2S/c1-3-15-29-23-14-13-22(27-18(2)30)17-24(23)32-26(29)28-25(31)21-11-9-20(10-12-21)16-19-7-5-4-6-8-19/h1,4-14,17H,15-16H2,2H3,(H,27,30). The molecule has 0 aliphatic heterocycles. The molecule has 0 saturated heterocycles. The van der Waals surface area contributed by atoms with Gasteiger partial charge in [-0.15, -0.1) is 6.42 Å². The van der Waals surface area contributed by atoms with Crippen LogP contribution in [0.5, 0.6) is 0 Å². The molecule has 32 heavy (non-hydrogen) atoms. The van der Waals surface area contributed by atoms with Crippen LogP contribution >= 0.6 is 11.3 Å². The zero-order valence-corrected chi connectivity index (χ0v) is 18.4. The predicted molar refractivity (Wildman–Crippen MR) is 129 cm³/mol. The van der Waals surface area contributed by atoms with E-state index in [9.17, 15) is 9.59 Å². The molecule has 3 aromatic carbocycles. The Hall–Kier alpha value is -3.95. The molecule has 0 spiro atoms. The topological polar surface area (TPSA) is 63.5 Å². The number of terminal acetylenes is 1. The van der Waals surface area contributed by atoms with Crippen LogP contribution in [-0.2, 0) is 17.8 Å². The van der Waals surface area contributed by atoms with Crippen molar-refractivity contribution < 1.29 is 9.59 Å². The van der Waals surface area contributed by atoms with Crippen LogP contribution in [0.2, 0.25) is 0 Å². The first-order valence-corrected chi connectivity index (χ1v) is 10.9. The molecule has 0 unspecified atom stereocenters. The van der Waals surface area contributed by atoms with Crippen LogP contribution < -0.4 is 10.1 Å². The SMILES string of the molecule is C#CCn1c(=NC(=O)c2ccc(Cc3ccccc3)cc2)sc2cc(NC(C)=O)ccc21. The van der Waals surface area contributed by atoms with Gasteiger partial charge in [0.25, 0.3) is 5.91 Å². The number of hydrogen-bond donors (Lipinski definition) is 1. The zero-order chi connectivity index (χ0) is 22.5. The van der Waals surface area contributed by atoms with Crippen molar-refractivity contribution in [2.75, 3.05) is 5.32 Å². The minimum absolute atomic E-state index is 0.145. The molecule has 0 fully saturated rings. The van der Waals surface area contributed by atoms with Crippen molar-refractivity contribution >= 4 is 39.1 Å². The lowest BCUT2D eigenvalue weighted by atomic mass is 10.0. The molecule has 0 aliphatic carbocycles. The molecule has 1 N–H and O–H groups in total. The average Bonchev–Trinajstić information content (AvgIpc) is 3.11. The van der Waals surface area contributed by atoms with Crippen molar-refractivity contribution in [2.45, 2.75) is 19.9 Å². The summed E-state index contributed by atoms with van der Waals surface area (Å²) in [4.78, 5) is 29.1. The highest BCUT2D eigenvalue weighted by atomic mass is 32.1. The van der Waals surface area contributed by atoms with Gasteiger partial charge in [-0.25, -0.2) is 0 Å². The minimum Gasteiger partial charge on any atom is -0.326 e. The number of nitrogens with one attached hydrogen (secondary N) is 1. The summed E-state index contributed by atoms with van der Waals surface area (Å²) in [6.45, 7) is 1.75. The summed E-state index contributed by atoms with van der Waals surface area (Å²) < 4.78 is 2.72. The number of carbonyl (C=O) groups excluding carboxylic acids is 2. The first kappa shape index (κ1) is 21.3. The number of fused-ring (bicyclic) bond motifs is 1. The normalized spacial score (nSPS) is 11.3. The van der Waals surface area contributed by atoms with Gasteiger partial charge in [0.05, 0.1) is 16.8 Å². The van der Waals surface area contributed by atoms with Crippen LogP contribution in [0.3, 0.4) is 0 Å². The second-order valence-electron chi connectivity index (χ2n) is 7.31. The van der Waals surface area contributed by atoms with E-state index >= 15 is 0 Å². The first-order chi connectivity index (χ1) is 15.5. The summed E-state index contributed by atoms with van der Waals surface area (Å²) in [7, 11) is 0. The van der Waals surface area contributed by atoms with Gasteiger partial charge in [0.2, 0.25) is 5.91 Å². The van der Waals surface area contributed by atoms with E-state index in [0.717, 1.165) is 22.2 Å². The molecule has 6 heteroatoms. The van der Waals surface area contributed by atoms with E-state index in [1.807, 2.05) is 47.0 Å². The van der Waals surface area contributed by atoms with E-state index in [1.54, 1.807) is 18.2 Å². The predicted octanol–water partition coefficient (Wildman–Crippen LogP) is 4.63. The number of benzene rings is 3. The summed E-state index contributed by atoms with van der Waals surface area (Å²) in [5, 5.41) is 2.77. The molecule has 158 valence electrons.